The molecule has 0 saturated carbocycles. The lowest BCUT2D eigenvalue weighted by Gasteiger charge is -2.47. The standard InChI is InChI=1S/C22H26N6O3/c1-14-12-28(15(2)11-27(14)13-20(30)31)21(18-4-3-5-19(29)10-18)16-6-8-17(9-7-16)22-23-25-26-24-22/h3-10,14-15,21,29H,11-13H2,1-2H3,(H,30,31)(H,23,24,25,26)/t14-,15+,21-/m1/s1. The number of aromatic hydroxyl groups is 1. The molecule has 4 rings (SSSR count). The molecule has 1 aliphatic heterocycles. The number of nitrogens with zero attached hydrogens (tertiary/aromatic N) is 5. The predicted octanol–water partition coefficient (Wildman–Crippen LogP) is 2.14. The highest BCUT2D eigenvalue weighted by molar-refractivity contribution is 5.69. The van der Waals surface area contributed by atoms with Crippen molar-refractivity contribution in [3.63, 3.8) is 0 Å². The molecule has 3 atom stereocenters. The Bertz CT molecular complexity index is 1020. The fraction of sp³-hybridized carbons (Fsp3) is 0.364. The van der Waals surface area contributed by atoms with E-state index < -0.39 is 5.97 Å². The second kappa shape index (κ2) is 8.83. The maximum absolute atomic E-state index is 11.2. The Morgan fingerprint density at radius 3 is 2.55 bits per heavy atom. The molecule has 9 heteroatoms. The average Bonchev–Trinajstić information content (AvgIpc) is 3.27. The highest BCUT2D eigenvalue weighted by atomic mass is 16.4. The van der Waals surface area contributed by atoms with Crippen LogP contribution in [-0.4, -0.2) is 78.3 Å². The van der Waals surface area contributed by atoms with E-state index in [1.165, 1.54) is 0 Å². The summed E-state index contributed by atoms with van der Waals surface area (Å²) in [6.45, 7) is 5.58. The molecule has 1 aliphatic rings. The molecular weight excluding hydrogens is 396 g/mol. The van der Waals surface area contributed by atoms with E-state index in [9.17, 15) is 15.0 Å². The molecule has 0 spiro atoms. The zero-order valence-electron chi connectivity index (χ0n) is 17.5. The van der Waals surface area contributed by atoms with Crippen molar-refractivity contribution in [2.45, 2.75) is 32.0 Å². The quantitative estimate of drug-likeness (QED) is 0.553. The Balaban J connectivity index is 1.68. The number of phenolic OH excluding ortho intramolecular Hbond substituents is 1. The molecule has 1 fully saturated rings. The second-order valence-electron chi connectivity index (χ2n) is 8.09. The van der Waals surface area contributed by atoms with Gasteiger partial charge in [0.15, 0.2) is 5.82 Å². The summed E-state index contributed by atoms with van der Waals surface area (Å²) in [7, 11) is 0. The van der Waals surface area contributed by atoms with Crippen LogP contribution >= 0.6 is 0 Å². The van der Waals surface area contributed by atoms with Crippen LogP contribution < -0.4 is 0 Å². The summed E-state index contributed by atoms with van der Waals surface area (Å²) in [5, 5.41) is 33.3. The van der Waals surface area contributed by atoms with Gasteiger partial charge in [-0.3, -0.25) is 14.6 Å². The first-order valence-electron chi connectivity index (χ1n) is 10.3. The van der Waals surface area contributed by atoms with Crippen LogP contribution in [0.4, 0.5) is 0 Å². The van der Waals surface area contributed by atoms with Gasteiger partial charge in [-0.05, 0) is 47.5 Å². The van der Waals surface area contributed by atoms with Gasteiger partial charge in [-0.2, -0.15) is 0 Å². The lowest BCUT2D eigenvalue weighted by Crippen LogP contribution is -2.58. The highest BCUT2D eigenvalue weighted by Gasteiger charge is 2.35. The molecule has 3 aromatic rings. The summed E-state index contributed by atoms with van der Waals surface area (Å²) >= 11 is 0. The van der Waals surface area contributed by atoms with Crippen LogP contribution in [0, 0.1) is 0 Å². The molecule has 0 radical (unpaired) electrons. The van der Waals surface area contributed by atoms with Gasteiger partial charge in [0.2, 0.25) is 0 Å². The Hall–Kier alpha value is -3.30. The average molecular weight is 422 g/mol. The van der Waals surface area contributed by atoms with Crippen molar-refractivity contribution < 1.29 is 15.0 Å². The molecule has 0 bridgehead atoms. The van der Waals surface area contributed by atoms with Gasteiger partial charge in [-0.1, -0.05) is 36.4 Å². The predicted molar refractivity (Wildman–Crippen MR) is 114 cm³/mol. The SMILES string of the molecule is C[C@@H]1CN([C@H](c2ccc(-c3nnn[nH]3)cc2)c2cccc(O)c2)[C@@H](C)CN1CC(=O)O. The Morgan fingerprint density at radius 2 is 1.90 bits per heavy atom. The number of hydrogen-bond donors (Lipinski definition) is 3. The number of aromatic amines is 1. The maximum atomic E-state index is 11.2. The summed E-state index contributed by atoms with van der Waals surface area (Å²) in [5.41, 5.74) is 2.95. The minimum Gasteiger partial charge on any atom is -0.508 e. The number of piperazine rings is 1. The number of aromatic nitrogens is 4. The molecule has 2 aromatic carbocycles. The number of phenols is 1. The van der Waals surface area contributed by atoms with Gasteiger partial charge in [0.05, 0.1) is 12.6 Å². The number of benzene rings is 2. The van der Waals surface area contributed by atoms with Gasteiger partial charge in [0, 0.05) is 30.7 Å². The van der Waals surface area contributed by atoms with E-state index in [1.807, 2.05) is 41.3 Å². The van der Waals surface area contributed by atoms with E-state index in [0.717, 1.165) is 16.7 Å². The Kier molecular flexibility index (Phi) is 5.97. The monoisotopic (exact) mass is 422 g/mol. The molecule has 0 aliphatic carbocycles. The fourth-order valence-corrected chi connectivity index (χ4v) is 4.35. The number of carboxylic acid groups (broad SMARTS) is 1. The summed E-state index contributed by atoms with van der Waals surface area (Å²) in [4.78, 5) is 15.6. The van der Waals surface area contributed by atoms with Crippen LogP contribution in [-0.2, 0) is 4.79 Å². The minimum absolute atomic E-state index is 0.0378. The number of hydrogen-bond acceptors (Lipinski definition) is 7. The third-order valence-electron chi connectivity index (χ3n) is 5.86. The lowest BCUT2D eigenvalue weighted by atomic mass is 9.92. The number of nitrogens with one attached hydrogen (secondary N) is 1. The number of rotatable bonds is 6. The number of tetrazole rings is 1. The van der Waals surface area contributed by atoms with E-state index in [1.54, 1.807) is 12.1 Å². The number of carbonyl (C=O) groups is 1. The van der Waals surface area contributed by atoms with Crippen LogP contribution in [0.25, 0.3) is 11.4 Å². The molecule has 3 N–H and O–H groups in total. The van der Waals surface area contributed by atoms with Gasteiger partial charge in [-0.25, -0.2) is 5.10 Å². The molecule has 162 valence electrons. The minimum atomic E-state index is -0.811. The van der Waals surface area contributed by atoms with Crippen LogP contribution in [0.3, 0.4) is 0 Å². The highest BCUT2D eigenvalue weighted by Crippen LogP contribution is 2.35. The summed E-state index contributed by atoms with van der Waals surface area (Å²) < 4.78 is 0. The van der Waals surface area contributed by atoms with Crippen LogP contribution in [0.15, 0.2) is 48.5 Å². The van der Waals surface area contributed by atoms with Crippen molar-refractivity contribution in [3.8, 4) is 17.1 Å². The van der Waals surface area contributed by atoms with Crippen molar-refractivity contribution in [1.82, 2.24) is 30.4 Å². The Morgan fingerprint density at radius 1 is 1.13 bits per heavy atom. The largest absolute Gasteiger partial charge is 0.508 e. The van der Waals surface area contributed by atoms with E-state index in [0.29, 0.717) is 18.9 Å². The Labute approximate surface area is 180 Å². The fourth-order valence-electron chi connectivity index (χ4n) is 4.35. The van der Waals surface area contributed by atoms with Crippen LogP contribution in [0.1, 0.15) is 31.0 Å². The van der Waals surface area contributed by atoms with Crippen molar-refractivity contribution in [1.29, 1.82) is 0 Å². The smallest absolute Gasteiger partial charge is 0.317 e. The number of aliphatic carboxylic acids is 1. The first kappa shape index (κ1) is 21.0. The van der Waals surface area contributed by atoms with E-state index >= 15 is 0 Å². The molecular formula is C22H26N6O3. The van der Waals surface area contributed by atoms with Gasteiger partial charge in [0.25, 0.3) is 0 Å². The second-order valence-corrected chi connectivity index (χ2v) is 8.09. The maximum Gasteiger partial charge on any atom is 0.317 e. The van der Waals surface area contributed by atoms with Crippen molar-refractivity contribution >= 4 is 5.97 Å². The summed E-state index contributed by atoms with van der Waals surface area (Å²) in [6, 6.07) is 15.5. The van der Waals surface area contributed by atoms with Crippen molar-refractivity contribution in [2.75, 3.05) is 19.6 Å². The molecule has 0 unspecified atom stereocenters. The molecule has 1 saturated heterocycles. The molecule has 1 aromatic heterocycles. The molecule has 2 heterocycles. The third kappa shape index (κ3) is 4.57. The molecule has 9 nitrogen and oxygen atoms in total. The van der Waals surface area contributed by atoms with Gasteiger partial charge >= 0.3 is 5.97 Å². The summed E-state index contributed by atoms with van der Waals surface area (Å²) in [5.74, 6) is 0.0105. The zero-order valence-corrected chi connectivity index (χ0v) is 17.5. The van der Waals surface area contributed by atoms with E-state index in [-0.39, 0.29) is 30.4 Å². The lowest BCUT2D eigenvalue weighted by molar-refractivity contribution is -0.140. The normalized spacial score (nSPS) is 21.1. The van der Waals surface area contributed by atoms with E-state index in [2.05, 4.69) is 39.4 Å². The molecule has 0 amide bonds. The topological polar surface area (TPSA) is 118 Å². The first-order valence-corrected chi connectivity index (χ1v) is 10.3. The third-order valence-corrected chi connectivity index (χ3v) is 5.86. The first-order chi connectivity index (χ1) is 14.9. The van der Waals surface area contributed by atoms with E-state index in [4.69, 9.17) is 0 Å². The van der Waals surface area contributed by atoms with Gasteiger partial charge in [0.1, 0.15) is 5.75 Å². The van der Waals surface area contributed by atoms with Crippen LogP contribution in [0.2, 0.25) is 0 Å². The summed E-state index contributed by atoms with van der Waals surface area (Å²) in [6.07, 6.45) is 0. The van der Waals surface area contributed by atoms with Crippen molar-refractivity contribution in [3.05, 3.63) is 59.7 Å². The number of carboxylic acids is 1. The van der Waals surface area contributed by atoms with Gasteiger partial charge < -0.3 is 10.2 Å². The number of H-pyrrole nitrogens is 1. The van der Waals surface area contributed by atoms with Crippen LogP contribution in [0.5, 0.6) is 5.75 Å². The molecule has 31 heavy (non-hydrogen) atoms. The van der Waals surface area contributed by atoms with Gasteiger partial charge in [-0.15, -0.1) is 5.10 Å². The van der Waals surface area contributed by atoms with Crippen molar-refractivity contribution in [2.24, 2.45) is 0 Å². The zero-order chi connectivity index (χ0) is 22.0.